The second kappa shape index (κ2) is 6.37. The Bertz CT molecular complexity index is 576. The van der Waals surface area contributed by atoms with Gasteiger partial charge in [0.25, 0.3) is 0 Å². The predicted molar refractivity (Wildman–Crippen MR) is 85.4 cm³/mol. The third kappa shape index (κ3) is 3.19. The molecule has 0 saturated carbocycles. The van der Waals surface area contributed by atoms with Gasteiger partial charge in [-0.3, -0.25) is 0 Å². The summed E-state index contributed by atoms with van der Waals surface area (Å²) in [6, 6.07) is 6.31. The van der Waals surface area contributed by atoms with Crippen molar-refractivity contribution in [2.24, 2.45) is 5.73 Å². The fourth-order valence-corrected chi connectivity index (χ4v) is 2.79. The Morgan fingerprint density at radius 3 is 2.60 bits per heavy atom. The van der Waals surface area contributed by atoms with Crippen LogP contribution in [0.25, 0.3) is 11.3 Å². The molecule has 1 aromatic heterocycles. The van der Waals surface area contributed by atoms with Gasteiger partial charge in [0.05, 0.1) is 18.3 Å². The van der Waals surface area contributed by atoms with E-state index in [1.54, 1.807) is 11.3 Å². The molecule has 1 unspecified atom stereocenters. The highest BCUT2D eigenvalue weighted by molar-refractivity contribution is 7.10. The van der Waals surface area contributed by atoms with Crippen LogP contribution in [-0.2, 0) is 0 Å². The number of hydrogen-bond donors (Lipinski definition) is 1. The summed E-state index contributed by atoms with van der Waals surface area (Å²) < 4.78 is 5.73. The van der Waals surface area contributed by atoms with Crippen LogP contribution in [0.3, 0.4) is 0 Å². The number of nitrogens with zero attached hydrogens (tertiary/aromatic N) is 1. The van der Waals surface area contributed by atoms with E-state index in [0.717, 1.165) is 22.0 Å². The normalized spacial score (nSPS) is 12.7. The summed E-state index contributed by atoms with van der Waals surface area (Å²) in [5.74, 6) is 1.37. The van der Waals surface area contributed by atoms with Gasteiger partial charge in [-0.25, -0.2) is 4.98 Å². The minimum atomic E-state index is -0.0300. The van der Waals surface area contributed by atoms with Crippen molar-refractivity contribution in [1.82, 2.24) is 4.98 Å². The summed E-state index contributed by atoms with van der Waals surface area (Å²) in [5.41, 5.74) is 9.20. The highest BCUT2D eigenvalue weighted by atomic mass is 32.1. The lowest BCUT2D eigenvalue weighted by Gasteiger charge is -2.12. The van der Waals surface area contributed by atoms with Gasteiger partial charge in [0, 0.05) is 10.9 Å². The standard InChI is InChI=1S/C16H22N2OS/c1-5-19-15-7-6-12(10(2)3)8-13(15)14-9-20-16(18-14)11(4)17/h6-11H,5,17H2,1-4H3. The van der Waals surface area contributed by atoms with E-state index >= 15 is 0 Å². The fourth-order valence-electron chi connectivity index (χ4n) is 2.01. The van der Waals surface area contributed by atoms with Gasteiger partial charge in [0.2, 0.25) is 0 Å². The zero-order valence-corrected chi connectivity index (χ0v) is 13.3. The molecule has 0 saturated heterocycles. The molecule has 0 fully saturated rings. The van der Waals surface area contributed by atoms with Crippen molar-refractivity contribution in [2.45, 2.75) is 39.7 Å². The van der Waals surface area contributed by atoms with Crippen LogP contribution in [0.5, 0.6) is 5.75 Å². The Balaban J connectivity index is 2.47. The number of rotatable bonds is 5. The van der Waals surface area contributed by atoms with Crippen LogP contribution < -0.4 is 10.5 Å². The van der Waals surface area contributed by atoms with E-state index in [0.29, 0.717) is 12.5 Å². The van der Waals surface area contributed by atoms with Crippen molar-refractivity contribution in [3.8, 4) is 17.0 Å². The lowest BCUT2D eigenvalue weighted by molar-refractivity contribution is 0.341. The summed E-state index contributed by atoms with van der Waals surface area (Å²) >= 11 is 1.60. The number of aromatic nitrogens is 1. The topological polar surface area (TPSA) is 48.1 Å². The molecule has 0 aliphatic rings. The molecule has 1 atom stereocenters. The molecule has 3 nitrogen and oxygen atoms in total. The molecular weight excluding hydrogens is 268 g/mol. The van der Waals surface area contributed by atoms with Crippen LogP contribution >= 0.6 is 11.3 Å². The minimum absolute atomic E-state index is 0.0300. The lowest BCUT2D eigenvalue weighted by atomic mass is 9.99. The molecule has 1 aromatic carbocycles. The summed E-state index contributed by atoms with van der Waals surface area (Å²) in [4.78, 5) is 4.64. The van der Waals surface area contributed by atoms with Gasteiger partial charge in [0.1, 0.15) is 10.8 Å². The molecule has 0 amide bonds. The lowest BCUT2D eigenvalue weighted by Crippen LogP contribution is -2.04. The zero-order chi connectivity index (χ0) is 14.7. The van der Waals surface area contributed by atoms with Crippen molar-refractivity contribution >= 4 is 11.3 Å². The van der Waals surface area contributed by atoms with Gasteiger partial charge >= 0.3 is 0 Å². The van der Waals surface area contributed by atoms with Crippen molar-refractivity contribution in [3.05, 3.63) is 34.2 Å². The van der Waals surface area contributed by atoms with E-state index in [-0.39, 0.29) is 6.04 Å². The summed E-state index contributed by atoms with van der Waals surface area (Å²) in [5, 5.41) is 3.01. The van der Waals surface area contributed by atoms with Crippen LogP contribution in [0.1, 0.15) is 50.2 Å². The quantitative estimate of drug-likeness (QED) is 0.890. The van der Waals surface area contributed by atoms with E-state index in [2.05, 4.69) is 36.3 Å². The molecule has 20 heavy (non-hydrogen) atoms. The number of ether oxygens (including phenoxy) is 1. The van der Waals surface area contributed by atoms with Crippen LogP contribution in [0.15, 0.2) is 23.6 Å². The highest BCUT2D eigenvalue weighted by Crippen LogP contribution is 2.34. The van der Waals surface area contributed by atoms with E-state index < -0.39 is 0 Å². The van der Waals surface area contributed by atoms with Gasteiger partial charge in [0.15, 0.2) is 0 Å². The van der Waals surface area contributed by atoms with Crippen LogP contribution in [-0.4, -0.2) is 11.6 Å². The van der Waals surface area contributed by atoms with E-state index in [1.807, 2.05) is 19.9 Å². The zero-order valence-electron chi connectivity index (χ0n) is 12.5. The number of nitrogens with two attached hydrogens (primary N) is 1. The average Bonchev–Trinajstić information content (AvgIpc) is 2.89. The summed E-state index contributed by atoms with van der Waals surface area (Å²) in [7, 11) is 0. The summed E-state index contributed by atoms with van der Waals surface area (Å²) in [6.07, 6.45) is 0. The van der Waals surface area contributed by atoms with Gasteiger partial charge in [-0.15, -0.1) is 11.3 Å². The van der Waals surface area contributed by atoms with Crippen LogP contribution in [0.4, 0.5) is 0 Å². The Labute approximate surface area is 124 Å². The largest absolute Gasteiger partial charge is 0.493 e. The molecule has 0 bridgehead atoms. The van der Waals surface area contributed by atoms with Gasteiger partial charge in [-0.2, -0.15) is 0 Å². The molecule has 0 aliphatic heterocycles. The first-order valence-corrected chi connectivity index (χ1v) is 7.89. The van der Waals surface area contributed by atoms with E-state index in [4.69, 9.17) is 10.5 Å². The van der Waals surface area contributed by atoms with Gasteiger partial charge in [-0.1, -0.05) is 19.9 Å². The van der Waals surface area contributed by atoms with Crippen LogP contribution in [0, 0.1) is 0 Å². The Morgan fingerprint density at radius 1 is 1.30 bits per heavy atom. The minimum Gasteiger partial charge on any atom is -0.493 e. The van der Waals surface area contributed by atoms with Crippen molar-refractivity contribution < 1.29 is 4.74 Å². The average molecular weight is 290 g/mol. The van der Waals surface area contributed by atoms with Crippen molar-refractivity contribution in [3.63, 3.8) is 0 Å². The molecule has 0 radical (unpaired) electrons. The predicted octanol–water partition coefficient (Wildman–Crippen LogP) is 4.35. The molecule has 2 rings (SSSR count). The SMILES string of the molecule is CCOc1ccc(C(C)C)cc1-c1csc(C(C)N)n1. The van der Waals surface area contributed by atoms with Crippen molar-refractivity contribution in [2.75, 3.05) is 6.61 Å². The Morgan fingerprint density at radius 2 is 2.05 bits per heavy atom. The third-order valence-corrected chi connectivity index (χ3v) is 4.20. The second-order valence-electron chi connectivity index (χ2n) is 5.20. The van der Waals surface area contributed by atoms with Crippen LogP contribution in [0.2, 0.25) is 0 Å². The van der Waals surface area contributed by atoms with Crippen molar-refractivity contribution in [1.29, 1.82) is 0 Å². The molecule has 0 aliphatic carbocycles. The highest BCUT2D eigenvalue weighted by Gasteiger charge is 2.14. The first kappa shape index (κ1) is 15.0. The molecular formula is C16H22N2OS. The first-order chi connectivity index (χ1) is 9.52. The number of thiazole rings is 1. The van der Waals surface area contributed by atoms with E-state index in [1.165, 1.54) is 5.56 Å². The molecule has 1 heterocycles. The Kier molecular flexibility index (Phi) is 4.78. The van der Waals surface area contributed by atoms with E-state index in [9.17, 15) is 0 Å². The molecule has 2 N–H and O–H groups in total. The molecule has 4 heteroatoms. The second-order valence-corrected chi connectivity index (χ2v) is 6.09. The fraction of sp³-hybridized carbons (Fsp3) is 0.438. The maximum absolute atomic E-state index is 5.90. The summed E-state index contributed by atoms with van der Waals surface area (Å²) in [6.45, 7) is 8.98. The smallest absolute Gasteiger partial charge is 0.128 e. The van der Waals surface area contributed by atoms with Gasteiger partial charge < -0.3 is 10.5 Å². The Hall–Kier alpha value is -1.39. The van der Waals surface area contributed by atoms with Gasteiger partial charge in [-0.05, 0) is 37.5 Å². The molecule has 2 aromatic rings. The monoisotopic (exact) mass is 290 g/mol. The maximum atomic E-state index is 5.90. The molecule has 0 spiro atoms. The number of benzene rings is 1. The first-order valence-electron chi connectivity index (χ1n) is 7.01. The maximum Gasteiger partial charge on any atom is 0.128 e. The third-order valence-electron chi connectivity index (χ3n) is 3.16. The number of hydrogen-bond acceptors (Lipinski definition) is 4. The molecule has 108 valence electrons.